The van der Waals surface area contributed by atoms with Crippen molar-refractivity contribution in [2.75, 3.05) is 5.32 Å². The highest BCUT2D eigenvalue weighted by atomic mass is 35.5. The summed E-state index contributed by atoms with van der Waals surface area (Å²) in [6, 6.07) is 8.13. The standard InChI is InChI=1S/C13H12ClN5/c14-5-9-2-1-3-10(4-9)6-15-12-11-13(17-7-16-11)19-8-18-12/h1-4,7-8H,5-6H2,(H2,15,16,17,18,19). The molecule has 0 fully saturated rings. The molecule has 0 aliphatic rings. The highest BCUT2D eigenvalue weighted by Crippen LogP contribution is 2.16. The van der Waals surface area contributed by atoms with Gasteiger partial charge in [0.15, 0.2) is 11.5 Å². The molecule has 5 nitrogen and oxygen atoms in total. The lowest BCUT2D eigenvalue weighted by atomic mass is 10.1. The van der Waals surface area contributed by atoms with E-state index in [-0.39, 0.29) is 0 Å². The third kappa shape index (κ3) is 2.51. The number of H-pyrrole nitrogens is 1. The fraction of sp³-hybridized carbons (Fsp3) is 0.154. The molecule has 2 heterocycles. The van der Waals surface area contributed by atoms with E-state index in [0.29, 0.717) is 18.1 Å². The van der Waals surface area contributed by atoms with Gasteiger partial charge in [0.2, 0.25) is 0 Å². The minimum Gasteiger partial charge on any atom is -0.364 e. The summed E-state index contributed by atoms with van der Waals surface area (Å²) >= 11 is 5.83. The second-order valence-corrected chi connectivity index (χ2v) is 4.40. The number of imidazole rings is 1. The molecule has 0 saturated heterocycles. The van der Waals surface area contributed by atoms with Gasteiger partial charge in [0.25, 0.3) is 0 Å². The van der Waals surface area contributed by atoms with E-state index in [1.165, 1.54) is 6.33 Å². The summed E-state index contributed by atoms with van der Waals surface area (Å²) in [6.07, 6.45) is 3.11. The first-order valence-corrected chi connectivity index (χ1v) is 6.42. The molecule has 3 rings (SSSR count). The van der Waals surface area contributed by atoms with Crippen LogP contribution in [0, 0.1) is 0 Å². The summed E-state index contributed by atoms with van der Waals surface area (Å²) in [4.78, 5) is 15.4. The van der Waals surface area contributed by atoms with Crippen LogP contribution in [0.2, 0.25) is 0 Å². The van der Waals surface area contributed by atoms with E-state index in [2.05, 4.69) is 31.3 Å². The number of aromatic amines is 1. The van der Waals surface area contributed by atoms with Crippen molar-refractivity contribution >= 4 is 28.6 Å². The van der Waals surface area contributed by atoms with Crippen LogP contribution in [0.15, 0.2) is 36.9 Å². The first-order chi connectivity index (χ1) is 9.36. The molecule has 6 heteroatoms. The maximum atomic E-state index is 5.83. The zero-order valence-electron chi connectivity index (χ0n) is 10.1. The molecule has 3 aromatic rings. The van der Waals surface area contributed by atoms with Gasteiger partial charge in [-0.05, 0) is 11.1 Å². The van der Waals surface area contributed by atoms with Gasteiger partial charge in [0.1, 0.15) is 11.8 Å². The Labute approximate surface area is 115 Å². The number of rotatable bonds is 4. The monoisotopic (exact) mass is 273 g/mol. The average Bonchev–Trinajstić information content (AvgIpc) is 2.94. The van der Waals surface area contributed by atoms with Crippen LogP contribution in [0.3, 0.4) is 0 Å². The first-order valence-electron chi connectivity index (χ1n) is 5.88. The average molecular weight is 274 g/mol. The van der Waals surface area contributed by atoms with Gasteiger partial charge < -0.3 is 10.3 Å². The van der Waals surface area contributed by atoms with Gasteiger partial charge in [-0.1, -0.05) is 24.3 Å². The molecule has 0 atom stereocenters. The first kappa shape index (κ1) is 11.9. The van der Waals surface area contributed by atoms with Gasteiger partial charge in [-0.3, -0.25) is 0 Å². The van der Waals surface area contributed by atoms with Crippen LogP contribution in [-0.2, 0) is 12.4 Å². The lowest BCUT2D eigenvalue weighted by Gasteiger charge is -2.07. The van der Waals surface area contributed by atoms with Crippen molar-refractivity contribution in [2.24, 2.45) is 0 Å². The van der Waals surface area contributed by atoms with Crippen molar-refractivity contribution in [1.82, 2.24) is 19.9 Å². The Morgan fingerprint density at radius 2 is 2.05 bits per heavy atom. The number of nitrogens with zero attached hydrogens (tertiary/aromatic N) is 3. The number of aromatic nitrogens is 4. The molecular weight excluding hydrogens is 262 g/mol. The van der Waals surface area contributed by atoms with Crippen LogP contribution >= 0.6 is 11.6 Å². The third-order valence-corrected chi connectivity index (χ3v) is 3.14. The molecule has 0 amide bonds. The number of fused-ring (bicyclic) bond motifs is 1. The number of benzene rings is 1. The van der Waals surface area contributed by atoms with Crippen molar-refractivity contribution in [3.63, 3.8) is 0 Å². The summed E-state index contributed by atoms with van der Waals surface area (Å²) in [7, 11) is 0. The highest BCUT2D eigenvalue weighted by molar-refractivity contribution is 6.17. The Balaban J connectivity index is 1.80. The number of hydrogen-bond donors (Lipinski definition) is 2. The van der Waals surface area contributed by atoms with E-state index >= 15 is 0 Å². The van der Waals surface area contributed by atoms with E-state index < -0.39 is 0 Å². The number of nitrogens with one attached hydrogen (secondary N) is 2. The molecule has 2 N–H and O–H groups in total. The molecule has 0 bridgehead atoms. The van der Waals surface area contributed by atoms with Gasteiger partial charge in [-0.25, -0.2) is 15.0 Å². The molecule has 0 radical (unpaired) electrons. The van der Waals surface area contributed by atoms with Crippen molar-refractivity contribution in [2.45, 2.75) is 12.4 Å². The van der Waals surface area contributed by atoms with Crippen LogP contribution in [0.4, 0.5) is 5.82 Å². The minimum absolute atomic E-state index is 0.520. The normalized spacial score (nSPS) is 10.8. The Hall–Kier alpha value is -2.14. The van der Waals surface area contributed by atoms with Gasteiger partial charge in [-0.15, -0.1) is 11.6 Å². The number of alkyl halides is 1. The predicted octanol–water partition coefficient (Wildman–Crippen LogP) is 2.70. The summed E-state index contributed by atoms with van der Waals surface area (Å²) in [6.45, 7) is 0.676. The molecule has 1 aromatic carbocycles. The Bertz CT molecular complexity index is 694. The Kier molecular flexibility index (Phi) is 3.29. The van der Waals surface area contributed by atoms with Gasteiger partial charge in [-0.2, -0.15) is 0 Å². The quantitative estimate of drug-likeness (QED) is 0.717. The van der Waals surface area contributed by atoms with E-state index in [1.807, 2.05) is 18.2 Å². The van der Waals surface area contributed by atoms with Crippen molar-refractivity contribution < 1.29 is 0 Å². The Morgan fingerprint density at radius 1 is 1.16 bits per heavy atom. The van der Waals surface area contributed by atoms with Gasteiger partial charge in [0.05, 0.1) is 6.33 Å². The molecule has 0 aliphatic carbocycles. The summed E-state index contributed by atoms with van der Waals surface area (Å²) in [5, 5.41) is 3.28. The van der Waals surface area contributed by atoms with Crippen LogP contribution in [0.25, 0.3) is 11.2 Å². The van der Waals surface area contributed by atoms with Crippen molar-refractivity contribution in [3.8, 4) is 0 Å². The smallest absolute Gasteiger partial charge is 0.182 e. The van der Waals surface area contributed by atoms with Crippen molar-refractivity contribution in [1.29, 1.82) is 0 Å². The van der Waals surface area contributed by atoms with E-state index in [4.69, 9.17) is 11.6 Å². The highest BCUT2D eigenvalue weighted by Gasteiger charge is 2.05. The molecule has 96 valence electrons. The maximum Gasteiger partial charge on any atom is 0.182 e. The number of hydrogen-bond acceptors (Lipinski definition) is 4. The van der Waals surface area contributed by atoms with Gasteiger partial charge in [0, 0.05) is 12.4 Å². The summed E-state index contributed by atoms with van der Waals surface area (Å²) in [5.74, 6) is 1.27. The molecule has 19 heavy (non-hydrogen) atoms. The minimum atomic E-state index is 0.520. The molecule has 0 saturated carbocycles. The number of halogens is 1. The molecule has 0 aliphatic heterocycles. The zero-order valence-corrected chi connectivity index (χ0v) is 10.9. The van der Waals surface area contributed by atoms with Crippen LogP contribution in [-0.4, -0.2) is 19.9 Å². The zero-order chi connectivity index (χ0) is 13.1. The van der Waals surface area contributed by atoms with E-state index in [0.717, 1.165) is 22.5 Å². The van der Waals surface area contributed by atoms with E-state index in [9.17, 15) is 0 Å². The molecule has 0 spiro atoms. The third-order valence-electron chi connectivity index (χ3n) is 2.83. The van der Waals surface area contributed by atoms with Crippen LogP contribution < -0.4 is 5.32 Å². The summed E-state index contributed by atoms with van der Waals surface area (Å²) in [5.41, 5.74) is 3.74. The second-order valence-electron chi connectivity index (χ2n) is 4.13. The van der Waals surface area contributed by atoms with Gasteiger partial charge >= 0.3 is 0 Å². The fourth-order valence-electron chi connectivity index (χ4n) is 1.91. The Morgan fingerprint density at radius 3 is 2.95 bits per heavy atom. The SMILES string of the molecule is ClCc1cccc(CNc2ncnc3nc[nH]c23)c1. The molecule has 2 aromatic heterocycles. The largest absolute Gasteiger partial charge is 0.364 e. The lowest BCUT2D eigenvalue weighted by molar-refractivity contribution is 1.09. The van der Waals surface area contributed by atoms with E-state index in [1.54, 1.807) is 6.33 Å². The maximum absolute atomic E-state index is 5.83. The van der Waals surface area contributed by atoms with Crippen molar-refractivity contribution in [3.05, 3.63) is 48.0 Å². The number of anilines is 1. The van der Waals surface area contributed by atoms with Crippen LogP contribution in [0.5, 0.6) is 0 Å². The summed E-state index contributed by atoms with van der Waals surface area (Å²) < 4.78 is 0. The fourth-order valence-corrected chi connectivity index (χ4v) is 2.07. The molecule has 0 unspecified atom stereocenters. The second kappa shape index (κ2) is 5.24. The predicted molar refractivity (Wildman–Crippen MR) is 75.0 cm³/mol. The van der Waals surface area contributed by atoms with Crippen LogP contribution in [0.1, 0.15) is 11.1 Å². The lowest BCUT2D eigenvalue weighted by Crippen LogP contribution is -2.02. The topological polar surface area (TPSA) is 66.5 Å². The molecular formula is C13H12ClN5.